The maximum Gasteiger partial charge on any atom is 0.427 e. The van der Waals surface area contributed by atoms with E-state index in [-0.39, 0.29) is 35.3 Å². The number of hydrogen-bond donors (Lipinski definition) is 0. The van der Waals surface area contributed by atoms with Crippen LogP contribution in [-0.2, 0) is 25.0 Å². The van der Waals surface area contributed by atoms with E-state index in [9.17, 15) is 18.0 Å². The summed E-state index contributed by atoms with van der Waals surface area (Å²) in [7, 11) is -3.23. The Labute approximate surface area is 261 Å². The van der Waals surface area contributed by atoms with Gasteiger partial charge in [-0.1, -0.05) is 12.1 Å². The smallest absolute Gasteiger partial charge is 0.427 e. The zero-order chi connectivity index (χ0) is 33.8. The first-order valence-corrected chi connectivity index (χ1v) is 15.5. The number of carbonyl (C=O) groups is 2. The molecule has 0 radical (unpaired) electrons. The van der Waals surface area contributed by atoms with Gasteiger partial charge in [0.15, 0.2) is 0 Å². The maximum absolute atomic E-state index is 15.7. The number of rotatable bonds is 3. The summed E-state index contributed by atoms with van der Waals surface area (Å²) in [4.78, 5) is 39.1. The summed E-state index contributed by atoms with van der Waals surface area (Å²) >= 11 is 0. The Morgan fingerprint density at radius 2 is 1.64 bits per heavy atom. The zero-order valence-corrected chi connectivity index (χ0v) is 27.1. The number of hydrogen-bond acceptors (Lipinski definition) is 8. The molecule has 14 heteroatoms. The normalized spacial score (nSPS) is 20.6. The third kappa shape index (κ3) is 6.26. The topological polar surface area (TPSA) is 123 Å². The lowest BCUT2D eigenvalue weighted by atomic mass is 9.85. The first-order chi connectivity index (χ1) is 20.7. The van der Waals surface area contributed by atoms with Crippen molar-refractivity contribution in [2.24, 2.45) is 4.99 Å². The molecule has 4 rings (SSSR count). The van der Waals surface area contributed by atoms with E-state index in [1.807, 2.05) is 0 Å². The zero-order valence-electron chi connectivity index (χ0n) is 26.3. The van der Waals surface area contributed by atoms with Gasteiger partial charge in [0.05, 0.1) is 12.3 Å². The van der Waals surface area contributed by atoms with E-state index in [0.717, 1.165) is 23.5 Å². The minimum Gasteiger partial charge on any atom is -0.443 e. The number of halogens is 2. The Kier molecular flexibility index (Phi) is 8.34. The summed E-state index contributed by atoms with van der Waals surface area (Å²) in [5.41, 5.74) is -3.93. The second-order valence-corrected chi connectivity index (χ2v) is 15.3. The molecular weight excluding hydrogens is 608 g/mol. The van der Waals surface area contributed by atoms with Crippen molar-refractivity contribution in [3.05, 3.63) is 70.6 Å². The molecule has 1 spiro atoms. The Morgan fingerprint density at radius 1 is 1.07 bits per heavy atom. The van der Waals surface area contributed by atoms with Gasteiger partial charge in [-0.15, -0.1) is 4.90 Å². The SMILES string of the molecule is [C-]#[N+]c1ccc(/C(F)=C/c2ccc(F)c([C@@]3(C)N=C(N(C(=O)OC(C)(C)C)C(=O)OC(C)(C)C)N(C)S(=O)(=O)C34CC4)c2)nc1. The van der Waals surface area contributed by atoms with E-state index in [4.69, 9.17) is 16.0 Å². The van der Waals surface area contributed by atoms with Crippen molar-refractivity contribution < 1.29 is 36.3 Å². The van der Waals surface area contributed by atoms with Gasteiger partial charge in [0.25, 0.3) is 0 Å². The predicted octanol–water partition coefficient (Wildman–Crippen LogP) is 6.79. The van der Waals surface area contributed by atoms with Gasteiger partial charge in [-0.25, -0.2) is 40.9 Å². The number of imide groups is 1. The molecule has 2 aliphatic rings. The molecule has 0 unspecified atom stereocenters. The molecule has 1 saturated carbocycles. The number of ether oxygens (including phenoxy) is 2. The standard InChI is InChI=1S/C31H35F2N5O6S/c1-28(2,3)43-26(39)38(27(40)44-29(4,5)6)25-36-30(7,31(14-15-31)45(41,42)37(25)9)21-16-19(10-12-22(21)32)17-23(33)24-13-11-20(34-8)18-35-24/h10-13,16-18H,14-15H2,1-7,9H3/b23-17-/t30-/m1/s1. The van der Waals surface area contributed by atoms with E-state index in [2.05, 4.69) is 14.8 Å². The van der Waals surface area contributed by atoms with E-state index >= 15 is 8.78 Å². The molecule has 11 nitrogen and oxygen atoms in total. The van der Waals surface area contributed by atoms with Crippen LogP contribution in [0.3, 0.4) is 0 Å². The summed E-state index contributed by atoms with van der Waals surface area (Å²) in [5, 5.41) is 0. The molecule has 1 aliphatic heterocycles. The lowest BCUT2D eigenvalue weighted by molar-refractivity contribution is 0.0132. The summed E-state index contributed by atoms with van der Waals surface area (Å²) < 4.78 is 69.1. The predicted molar refractivity (Wildman–Crippen MR) is 164 cm³/mol. The number of aromatic nitrogens is 1. The summed E-state index contributed by atoms with van der Waals surface area (Å²) in [6.07, 6.45) is 0.0247. The first-order valence-electron chi connectivity index (χ1n) is 14.0. The number of benzene rings is 1. The highest BCUT2D eigenvalue weighted by atomic mass is 32.2. The van der Waals surface area contributed by atoms with Crippen LogP contribution in [0.25, 0.3) is 16.7 Å². The number of aliphatic imine (C=N–C) groups is 1. The van der Waals surface area contributed by atoms with Crippen molar-refractivity contribution in [3.63, 3.8) is 0 Å². The Morgan fingerprint density at radius 3 is 2.11 bits per heavy atom. The van der Waals surface area contributed by atoms with Crippen LogP contribution in [0.5, 0.6) is 0 Å². The highest BCUT2D eigenvalue weighted by Gasteiger charge is 2.71. The van der Waals surface area contributed by atoms with Crippen LogP contribution in [0.15, 0.2) is 41.5 Å². The van der Waals surface area contributed by atoms with Gasteiger partial charge in [-0.3, -0.25) is 4.98 Å². The van der Waals surface area contributed by atoms with Crippen LogP contribution < -0.4 is 0 Å². The average molecular weight is 644 g/mol. The van der Waals surface area contributed by atoms with Gasteiger partial charge >= 0.3 is 12.2 Å². The molecule has 0 saturated heterocycles. The van der Waals surface area contributed by atoms with Crippen molar-refractivity contribution in [2.45, 2.75) is 82.8 Å². The summed E-state index contributed by atoms with van der Waals surface area (Å²) in [6.45, 7) is 17.8. The minimum absolute atomic E-state index is 0.0642. The van der Waals surface area contributed by atoms with E-state index < -0.39 is 61.3 Å². The van der Waals surface area contributed by atoms with Crippen LogP contribution in [0.1, 0.15) is 78.1 Å². The number of amides is 2. The lowest BCUT2D eigenvalue weighted by Gasteiger charge is -2.44. The molecule has 2 amide bonds. The van der Waals surface area contributed by atoms with Crippen LogP contribution in [0.2, 0.25) is 0 Å². The molecule has 0 bridgehead atoms. The second-order valence-electron chi connectivity index (χ2n) is 13.0. The van der Waals surface area contributed by atoms with Crippen molar-refractivity contribution in [3.8, 4) is 0 Å². The van der Waals surface area contributed by atoms with Gasteiger partial charge in [-0.05, 0) is 91.1 Å². The number of pyridine rings is 1. The molecule has 1 atom stereocenters. The number of carbonyl (C=O) groups excluding carboxylic acids is 2. The van der Waals surface area contributed by atoms with Crippen molar-refractivity contribution in [1.82, 2.24) is 14.2 Å². The molecule has 2 heterocycles. The molecule has 0 N–H and O–H groups in total. The van der Waals surface area contributed by atoms with E-state index in [0.29, 0.717) is 4.90 Å². The van der Waals surface area contributed by atoms with Crippen molar-refractivity contribution >= 4 is 45.8 Å². The Bertz CT molecular complexity index is 1720. The second kappa shape index (κ2) is 11.2. The van der Waals surface area contributed by atoms with Gasteiger partial charge in [-0.2, -0.15) is 0 Å². The highest BCUT2D eigenvalue weighted by molar-refractivity contribution is 7.91. The molecule has 1 aromatic heterocycles. The first kappa shape index (κ1) is 33.5. The lowest BCUT2D eigenvalue weighted by Crippen LogP contribution is -2.62. The largest absolute Gasteiger partial charge is 0.443 e. The fourth-order valence-corrected chi connectivity index (χ4v) is 7.16. The van der Waals surface area contributed by atoms with E-state index in [1.165, 1.54) is 37.4 Å². The van der Waals surface area contributed by atoms with Crippen LogP contribution in [-0.4, -0.2) is 63.7 Å². The molecule has 1 aromatic carbocycles. The quantitative estimate of drug-likeness (QED) is 0.338. The highest BCUT2D eigenvalue weighted by Crippen LogP contribution is 2.61. The molecule has 240 valence electrons. The van der Waals surface area contributed by atoms with Crippen molar-refractivity contribution in [2.75, 3.05) is 7.05 Å². The molecular formula is C31H35F2N5O6S. The third-order valence-corrected chi connectivity index (χ3v) is 10.0. The fraction of sp³-hybridized carbons (Fsp3) is 0.452. The number of guanidine groups is 1. The summed E-state index contributed by atoms with van der Waals surface area (Å²) in [6, 6.07) is 6.36. The minimum atomic E-state index is -4.38. The van der Waals surface area contributed by atoms with Gasteiger partial charge in [0.2, 0.25) is 21.7 Å². The average Bonchev–Trinajstić information content (AvgIpc) is 3.74. The molecule has 1 fully saturated rings. The van der Waals surface area contributed by atoms with E-state index in [1.54, 1.807) is 41.5 Å². The van der Waals surface area contributed by atoms with Crippen molar-refractivity contribution in [1.29, 1.82) is 0 Å². The monoisotopic (exact) mass is 643 g/mol. The molecule has 1 aliphatic carbocycles. The van der Waals surface area contributed by atoms with Crippen LogP contribution in [0.4, 0.5) is 24.1 Å². The fourth-order valence-electron chi connectivity index (χ4n) is 5.02. The third-order valence-electron chi connectivity index (χ3n) is 7.33. The maximum atomic E-state index is 15.7. The molecule has 2 aromatic rings. The number of nitrogens with zero attached hydrogens (tertiary/aromatic N) is 5. The van der Waals surface area contributed by atoms with Crippen LogP contribution >= 0.6 is 0 Å². The molecule has 45 heavy (non-hydrogen) atoms. The summed E-state index contributed by atoms with van der Waals surface area (Å²) in [5.74, 6) is -2.25. The van der Waals surface area contributed by atoms with Crippen LogP contribution in [0, 0.1) is 12.4 Å². The Balaban J connectivity index is 1.91. The van der Waals surface area contributed by atoms with Gasteiger partial charge < -0.3 is 9.47 Å². The van der Waals surface area contributed by atoms with Gasteiger partial charge in [0.1, 0.15) is 33.1 Å². The number of sulfonamides is 1. The van der Waals surface area contributed by atoms with Gasteiger partial charge in [0, 0.05) is 18.8 Å². The Hall–Kier alpha value is -4.38.